The van der Waals surface area contributed by atoms with Gasteiger partial charge in [-0.2, -0.15) is 13.2 Å². The van der Waals surface area contributed by atoms with Crippen molar-refractivity contribution in [3.8, 4) is 0 Å². The Kier molecular flexibility index (Phi) is 4.61. The van der Waals surface area contributed by atoms with E-state index in [1.165, 1.54) is 22.6 Å². The lowest BCUT2D eigenvalue weighted by Crippen LogP contribution is -2.40. The van der Waals surface area contributed by atoms with E-state index >= 15 is 0 Å². The molecule has 0 aliphatic carbocycles. The van der Waals surface area contributed by atoms with Gasteiger partial charge in [0, 0.05) is 31.7 Å². The van der Waals surface area contributed by atoms with Crippen LogP contribution in [0.5, 0.6) is 0 Å². The highest BCUT2D eigenvalue weighted by molar-refractivity contribution is 6.00. The van der Waals surface area contributed by atoms with E-state index in [1.54, 1.807) is 4.90 Å². The molecule has 1 saturated heterocycles. The van der Waals surface area contributed by atoms with Gasteiger partial charge < -0.3 is 9.80 Å². The number of carbonyl (C=O) groups excluding carboxylic acids is 2. The molecule has 4 rings (SSSR count). The molecule has 2 aliphatic heterocycles. The molecule has 2 aromatic rings. The minimum Gasteiger partial charge on any atom is -0.338 e. The second-order valence-corrected chi connectivity index (χ2v) is 7.23. The number of alkyl halides is 3. The van der Waals surface area contributed by atoms with Gasteiger partial charge in [-0.15, -0.1) is 0 Å². The van der Waals surface area contributed by atoms with Crippen molar-refractivity contribution in [3.63, 3.8) is 0 Å². The van der Waals surface area contributed by atoms with Gasteiger partial charge in [-0.3, -0.25) is 9.59 Å². The van der Waals surface area contributed by atoms with E-state index in [-0.39, 0.29) is 30.5 Å². The van der Waals surface area contributed by atoms with Crippen LogP contribution in [0.2, 0.25) is 0 Å². The number of fused-ring (bicyclic) bond motifs is 1. The summed E-state index contributed by atoms with van der Waals surface area (Å²) in [6.07, 6.45) is -3.69. The van der Waals surface area contributed by atoms with Gasteiger partial charge in [-0.05, 0) is 35.7 Å². The van der Waals surface area contributed by atoms with Crippen LogP contribution in [0.3, 0.4) is 0 Å². The fourth-order valence-electron chi connectivity index (χ4n) is 3.91. The van der Waals surface area contributed by atoms with Crippen LogP contribution in [-0.4, -0.2) is 29.8 Å². The summed E-state index contributed by atoms with van der Waals surface area (Å²) in [5.74, 6) is -0.972. The monoisotopic (exact) mass is 388 g/mol. The second-order valence-electron chi connectivity index (χ2n) is 7.23. The summed E-state index contributed by atoms with van der Waals surface area (Å²) >= 11 is 0. The summed E-state index contributed by atoms with van der Waals surface area (Å²) < 4.78 is 38.9. The van der Waals surface area contributed by atoms with Crippen LogP contribution in [0.1, 0.15) is 23.1 Å². The van der Waals surface area contributed by atoms with Crippen LogP contribution >= 0.6 is 0 Å². The summed E-state index contributed by atoms with van der Waals surface area (Å²) in [5, 5.41) is 0. The molecule has 0 radical (unpaired) electrons. The first-order valence-corrected chi connectivity index (χ1v) is 9.16. The van der Waals surface area contributed by atoms with Gasteiger partial charge in [-0.25, -0.2) is 0 Å². The molecule has 2 heterocycles. The SMILES string of the molecule is O=C([C@H]1CC(=O)N(c2cccc(C(F)(F)F)c2)C1)N1CCc2ccccc2C1. The third-order valence-corrected chi connectivity index (χ3v) is 5.40. The first kappa shape index (κ1) is 18.5. The first-order valence-electron chi connectivity index (χ1n) is 9.16. The largest absolute Gasteiger partial charge is 0.416 e. The molecule has 28 heavy (non-hydrogen) atoms. The van der Waals surface area contributed by atoms with Crippen molar-refractivity contribution in [1.29, 1.82) is 0 Å². The zero-order chi connectivity index (χ0) is 19.9. The van der Waals surface area contributed by atoms with Crippen molar-refractivity contribution in [3.05, 3.63) is 65.2 Å². The number of rotatable bonds is 2. The van der Waals surface area contributed by atoms with E-state index < -0.39 is 17.7 Å². The molecule has 2 amide bonds. The van der Waals surface area contributed by atoms with Crippen molar-refractivity contribution >= 4 is 17.5 Å². The Labute approximate surface area is 160 Å². The molecule has 2 aromatic carbocycles. The molecule has 2 aliphatic rings. The summed E-state index contributed by atoms with van der Waals surface area (Å²) in [5.41, 5.74) is 1.69. The highest BCUT2D eigenvalue weighted by Crippen LogP contribution is 2.34. The number of hydrogen-bond donors (Lipinski definition) is 0. The van der Waals surface area contributed by atoms with E-state index in [9.17, 15) is 22.8 Å². The topological polar surface area (TPSA) is 40.6 Å². The highest BCUT2D eigenvalue weighted by Gasteiger charge is 2.39. The fourth-order valence-corrected chi connectivity index (χ4v) is 3.91. The molecule has 0 spiro atoms. The number of halogens is 3. The minimum absolute atomic E-state index is 0.0211. The average molecular weight is 388 g/mol. The third kappa shape index (κ3) is 3.48. The Morgan fingerprint density at radius 2 is 1.79 bits per heavy atom. The Morgan fingerprint density at radius 3 is 2.54 bits per heavy atom. The quantitative estimate of drug-likeness (QED) is 0.788. The van der Waals surface area contributed by atoms with Crippen LogP contribution in [-0.2, 0) is 28.7 Å². The number of hydrogen-bond acceptors (Lipinski definition) is 2. The minimum atomic E-state index is -4.48. The zero-order valence-corrected chi connectivity index (χ0v) is 15.1. The zero-order valence-electron chi connectivity index (χ0n) is 15.1. The molecular formula is C21H19F3N2O2. The molecule has 146 valence electrons. The lowest BCUT2D eigenvalue weighted by atomic mass is 9.98. The summed E-state index contributed by atoms with van der Waals surface area (Å²) in [4.78, 5) is 28.4. The van der Waals surface area contributed by atoms with Gasteiger partial charge in [0.1, 0.15) is 0 Å². The molecular weight excluding hydrogens is 369 g/mol. The normalized spacial score (nSPS) is 19.7. The fraction of sp³-hybridized carbons (Fsp3) is 0.333. The van der Waals surface area contributed by atoms with Crippen molar-refractivity contribution in [1.82, 2.24) is 4.90 Å². The molecule has 0 N–H and O–H groups in total. The van der Waals surface area contributed by atoms with Gasteiger partial charge in [0.15, 0.2) is 0 Å². The van der Waals surface area contributed by atoms with E-state index in [1.807, 2.05) is 24.3 Å². The number of carbonyl (C=O) groups is 2. The lowest BCUT2D eigenvalue weighted by molar-refractivity contribution is -0.137. The van der Waals surface area contributed by atoms with E-state index in [0.29, 0.717) is 13.1 Å². The van der Waals surface area contributed by atoms with Crippen LogP contribution in [0.15, 0.2) is 48.5 Å². The smallest absolute Gasteiger partial charge is 0.338 e. The van der Waals surface area contributed by atoms with Crippen molar-refractivity contribution in [2.45, 2.75) is 25.6 Å². The second kappa shape index (κ2) is 6.96. The molecule has 0 unspecified atom stereocenters. The predicted molar refractivity (Wildman–Crippen MR) is 97.5 cm³/mol. The van der Waals surface area contributed by atoms with Crippen molar-refractivity contribution < 1.29 is 22.8 Å². The maximum Gasteiger partial charge on any atom is 0.416 e. The van der Waals surface area contributed by atoms with Gasteiger partial charge in [0.2, 0.25) is 11.8 Å². The Morgan fingerprint density at radius 1 is 1.04 bits per heavy atom. The van der Waals surface area contributed by atoms with Crippen LogP contribution in [0.25, 0.3) is 0 Å². The van der Waals surface area contributed by atoms with Crippen molar-refractivity contribution in [2.75, 3.05) is 18.0 Å². The number of amides is 2. The third-order valence-electron chi connectivity index (χ3n) is 5.40. The molecule has 1 fully saturated rings. The van der Waals surface area contributed by atoms with Gasteiger partial charge in [0.05, 0.1) is 11.5 Å². The van der Waals surface area contributed by atoms with Crippen molar-refractivity contribution in [2.24, 2.45) is 5.92 Å². The van der Waals surface area contributed by atoms with Gasteiger partial charge in [-0.1, -0.05) is 30.3 Å². The molecule has 1 atom stereocenters. The summed E-state index contributed by atoms with van der Waals surface area (Å²) in [6.45, 7) is 1.20. The van der Waals surface area contributed by atoms with Gasteiger partial charge in [0.25, 0.3) is 0 Å². The Hall–Kier alpha value is -2.83. The Bertz CT molecular complexity index is 926. The molecule has 0 aromatic heterocycles. The molecule has 0 saturated carbocycles. The number of nitrogens with zero attached hydrogens (tertiary/aromatic N) is 2. The van der Waals surface area contributed by atoms with Gasteiger partial charge >= 0.3 is 6.18 Å². The van der Waals surface area contributed by atoms with Crippen LogP contribution in [0.4, 0.5) is 18.9 Å². The van der Waals surface area contributed by atoms with E-state index in [2.05, 4.69) is 0 Å². The van der Waals surface area contributed by atoms with E-state index in [4.69, 9.17) is 0 Å². The lowest BCUT2D eigenvalue weighted by Gasteiger charge is -2.30. The maximum absolute atomic E-state index is 13.0. The molecule has 0 bridgehead atoms. The Balaban J connectivity index is 1.49. The number of benzene rings is 2. The predicted octanol–water partition coefficient (Wildman–Crippen LogP) is 3.64. The molecule has 7 heteroatoms. The standard InChI is InChI=1S/C21H19F3N2O2/c22-21(23,24)17-6-3-7-18(11-17)26-13-16(10-19(26)27)20(28)25-9-8-14-4-1-2-5-15(14)12-25/h1-7,11,16H,8-10,12-13H2/t16-/m0/s1. The van der Waals surface area contributed by atoms with Crippen LogP contribution in [0, 0.1) is 5.92 Å². The molecule has 4 nitrogen and oxygen atoms in total. The highest BCUT2D eigenvalue weighted by atomic mass is 19.4. The average Bonchev–Trinajstić information content (AvgIpc) is 3.08. The van der Waals surface area contributed by atoms with Crippen LogP contribution < -0.4 is 4.90 Å². The number of anilines is 1. The first-order chi connectivity index (χ1) is 13.3. The summed E-state index contributed by atoms with van der Waals surface area (Å²) in [6, 6.07) is 12.6. The van der Waals surface area contributed by atoms with E-state index in [0.717, 1.165) is 24.1 Å². The summed E-state index contributed by atoms with van der Waals surface area (Å²) in [7, 11) is 0. The maximum atomic E-state index is 13.0.